The Morgan fingerprint density at radius 3 is 2.40 bits per heavy atom. The van der Waals surface area contributed by atoms with Crippen molar-refractivity contribution in [3.63, 3.8) is 0 Å². The minimum atomic E-state index is -0.333. The molecule has 2 N–H and O–H groups in total. The Balaban J connectivity index is 2.37. The summed E-state index contributed by atoms with van der Waals surface area (Å²) in [6.07, 6.45) is 0.508. The van der Waals surface area contributed by atoms with Gasteiger partial charge in [-0.15, -0.1) is 0 Å². The molecule has 1 rings (SSSR count). The summed E-state index contributed by atoms with van der Waals surface area (Å²) in [4.78, 5) is 0. The summed E-state index contributed by atoms with van der Waals surface area (Å²) >= 11 is 0. The van der Waals surface area contributed by atoms with Gasteiger partial charge in [-0.05, 0) is 38.0 Å². The van der Waals surface area contributed by atoms with Crippen molar-refractivity contribution in [2.75, 3.05) is 6.54 Å². The van der Waals surface area contributed by atoms with E-state index in [4.69, 9.17) is 5.11 Å². The van der Waals surface area contributed by atoms with Crippen LogP contribution in [-0.4, -0.2) is 23.8 Å². The van der Waals surface area contributed by atoms with E-state index in [1.54, 1.807) is 19.1 Å². The molecular formula is C12H18FNO. The monoisotopic (exact) mass is 211 g/mol. The van der Waals surface area contributed by atoms with Crippen molar-refractivity contribution in [1.29, 1.82) is 0 Å². The molecule has 15 heavy (non-hydrogen) atoms. The van der Waals surface area contributed by atoms with Crippen LogP contribution in [0.25, 0.3) is 0 Å². The normalized spacial score (nSPS) is 14.9. The molecule has 0 amide bonds. The van der Waals surface area contributed by atoms with Crippen LogP contribution < -0.4 is 5.32 Å². The number of hydrogen-bond acceptors (Lipinski definition) is 2. The molecule has 1 aromatic rings. The maximum Gasteiger partial charge on any atom is 0.123 e. The Hall–Kier alpha value is -0.930. The third-order valence-electron chi connectivity index (χ3n) is 2.22. The third kappa shape index (κ3) is 4.91. The zero-order valence-corrected chi connectivity index (χ0v) is 9.20. The average molecular weight is 211 g/mol. The van der Waals surface area contributed by atoms with Gasteiger partial charge >= 0.3 is 0 Å². The van der Waals surface area contributed by atoms with Crippen molar-refractivity contribution in [3.8, 4) is 0 Å². The molecule has 0 aromatic heterocycles. The molecule has 0 spiro atoms. The molecule has 0 bridgehead atoms. The lowest BCUT2D eigenvalue weighted by atomic mass is 10.1. The maximum atomic E-state index is 12.6. The lowest BCUT2D eigenvalue weighted by Crippen LogP contribution is -2.33. The van der Waals surface area contributed by atoms with Crippen molar-refractivity contribution >= 4 is 0 Å². The molecule has 1 unspecified atom stereocenters. The van der Waals surface area contributed by atoms with E-state index in [9.17, 15) is 4.39 Å². The number of halogens is 1. The molecule has 1 aromatic carbocycles. The van der Waals surface area contributed by atoms with Gasteiger partial charge in [0, 0.05) is 12.6 Å². The molecule has 0 aliphatic heterocycles. The molecule has 2 atom stereocenters. The Kier molecular flexibility index (Phi) is 4.72. The molecule has 0 fully saturated rings. The second-order valence-corrected chi connectivity index (χ2v) is 3.99. The SMILES string of the molecule is CC(Cc1ccc(F)cc1)NC[C@H](C)O. The van der Waals surface area contributed by atoms with Crippen molar-refractivity contribution in [2.45, 2.75) is 32.4 Å². The molecular weight excluding hydrogens is 193 g/mol. The molecule has 0 radical (unpaired) electrons. The predicted molar refractivity (Wildman–Crippen MR) is 59.2 cm³/mol. The molecule has 0 saturated heterocycles. The summed E-state index contributed by atoms with van der Waals surface area (Å²) in [5.41, 5.74) is 1.10. The van der Waals surface area contributed by atoms with Gasteiger partial charge < -0.3 is 10.4 Å². The Morgan fingerprint density at radius 2 is 1.87 bits per heavy atom. The first-order valence-electron chi connectivity index (χ1n) is 5.24. The summed E-state index contributed by atoms with van der Waals surface area (Å²) in [6, 6.07) is 6.80. The van der Waals surface area contributed by atoms with Gasteiger partial charge in [-0.2, -0.15) is 0 Å². The van der Waals surface area contributed by atoms with Crippen molar-refractivity contribution < 1.29 is 9.50 Å². The van der Waals surface area contributed by atoms with E-state index in [1.807, 2.05) is 6.92 Å². The average Bonchev–Trinajstić information content (AvgIpc) is 2.19. The van der Waals surface area contributed by atoms with Crippen LogP contribution >= 0.6 is 0 Å². The van der Waals surface area contributed by atoms with Crippen LogP contribution in [0, 0.1) is 5.82 Å². The van der Waals surface area contributed by atoms with Crippen LogP contribution in [0.4, 0.5) is 4.39 Å². The van der Waals surface area contributed by atoms with Gasteiger partial charge in [-0.25, -0.2) is 4.39 Å². The Labute approximate surface area is 90.1 Å². The van der Waals surface area contributed by atoms with E-state index in [1.165, 1.54) is 12.1 Å². The highest BCUT2D eigenvalue weighted by molar-refractivity contribution is 5.16. The Morgan fingerprint density at radius 1 is 1.27 bits per heavy atom. The first-order chi connectivity index (χ1) is 7.08. The molecule has 2 nitrogen and oxygen atoms in total. The minimum absolute atomic E-state index is 0.205. The fourth-order valence-electron chi connectivity index (χ4n) is 1.42. The standard InChI is InChI=1S/C12H18FNO/c1-9(14-8-10(2)15)7-11-3-5-12(13)6-4-11/h3-6,9-10,14-15H,7-8H2,1-2H3/t9?,10-/m0/s1. The Bertz CT molecular complexity index is 284. The van der Waals surface area contributed by atoms with Gasteiger partial charge in [0.05, 0.1) is 6.10 Å². The summed E-state index contributed by atoms with van der Waals surface area (Å²) < 4.78 is 12.6. The topological polar surface area (TPSA) is 32.3 Å². The van der Waals surface area contributed by atoms with Gasteiger partial charge in [0.15, 0.2) is 0 Å². The van der Waals surface area contributed by atoms with Gasteiger partial charge in [0.1, 0.15) is 5.82 Å². The van der Waals surface area contributed by atoms with Crippen LogP contribution in [0.1, 0.15) is 19.4 Å². The van der Waals surface area contributed by atoms with Crippen LogP contribution in [0.3, 0.4) is 0 Å². The third-order valence-corrected chi connectivity index (χ3v) is 2.22. The van der Waals surface area contributed by atoms with E-state index < -0.39 is 0 Å². The number of hydrogen-bond donors (Lipinski definition) is 2. The van der Waals surface area contributed by atoms with Crippen LogP contribution in [0.15, 0.2) is 24.3 Å². The fourth-order valence-corrected chi connectivity index (χ4v) is 1.42. The molecule has 84 valence electrons. The quantitative estimate of drug-likeness (QED) is 0.777. The van der Waals surface area contributed by atoms with Gasteiger partial charge in [0.25, 0.3) is 0 Å². The molecule has 0 saturated carbocycles. The fraction of sp³-hybridized carbons (Fsp3) is 0.500. The lowest BCUT2D eigenvalue weighted by molar-refractivity contribution is 0.187. The second kappa shape index (κ2) is 5.83. The van der Waals surface area contributed by atoms with Crippen LogP contribution in [0.5, 0.6) is 0 Å². The smallest absolute Gasteiger partial charge is 0.123 e. The summed E-state index contributed by atoms with van der Waals surface area (Å²) in [6.45, 7) is 4.38. The number of aliphatic hydroxyl groups is 1. The van der Waals surface area contributed by atoms with E-state index in [0.717, 1.165) is 12.0 Å². The van der Waals surface area contributed by atoms with Crippen molar-refractivity contribution in [2.24, 2.45) is 0 Å². The van der Waals surface area contributed by atoms with Gasteiger partial charge in [-0.3, -0.25) is 0 Å². The van der Waals surface area contributed by atoms with E-state index in [-0.39, 0.29) is 18.0 Å². The van der Waals surface area contributed by atoms with Gasteiger partial charge in [-0.1, -0.05) is 12.1 Å². The largest absolute Gasteiger partial charge is 0.392 e. The molecule has 3 heteroatoms. The highest BCUT2D eigenvalue weighted by Gasteiger charge is 2.04. The summed E-state index contributed by atoms with van der Waals surface area (Å²) in [7, 11) is 0. The maximum absolute atomic E-state index is 12.6. The first kappa shape index (κ1) is 12.1. The highest BCUT2D eigenvalue weighted by Crippen LogP contribution is 2.05. The van der Waals surface area contributed by atoms with Crippen molar-refractivity contribution in [1.82, 2.24) is 5.32 Å². The van der Waals surface area contributed by atoms with E-state index >= 15 is 0 Å². The van der Waals surface area contributed by atoms with E-state index in [0.29, 0.717) is 6.54 Å². The zero-order valence-electron chi connectivity index (χ0n) is 9.20. The first-order valence-corrected chi connectivity index (χ1v) is 5.24. The predicted octanol–water partition coefficient (Wildman–Crippen LogP) is 1.73. The molecule has 0 heterocycles. The second-order valence-electron chi connectivity index (χ2n) is 3.99. The number of benzene rings is 1. The minimum Gasteiger partial charge on any atom is -0.392 e. The molecule has 0 aliphatic carbocycles. The number of nitrogens with one attached hydrogen (secondary N) is 1. The lowest BCUT2D eigenvalue weighted by Gasteiger charge is -2.15. The van der Waals surface area contributed by atoms with Crippen LogP contribution in [0.2, 0.25) is 0 Å². The zero-order chi connectivity index (χ0) is 11.3. The number of rotatable bonds is 5. The van der Waals surface area contributed by atoms with Crippen molar-refractivity contribution in [3.05, 3.63) is 35.6 Å². The molecule has 0 aliphatic rings. The highest BCUT2D eigenvalue weighted by atomic mass is 19.1. The number of aliphatic hydroxyl groups excluding tert-OH is 1. The van der Waals surface area contributed by atoms with Gasteiger partial charge in [0.2, 0.25) is 0 Å². The van der Waals surface area contributed by atoms with Crippen LogP contribution in [-0.2, 0) is 6.42 Å². The summed E-state index contributed by atoms with van der Waals surface area (Å²) in [5, 5.41) is 12.3. The summed E-state index contributed by atoms with van der Waals surface area (Å²) in [5.74, 6) is -0.205. The van der Waals surface area contributed by atoms with E-state index in [2.05, 4.69) is 5.32 Å².